The summed E-state index contributed by atoms with van der Waals surface area (Å²) in [6.07, 6.45) is 37.5. The topological polar surface area (TPSA) is 32.8 Å². The molecule has 4 heteroatoms. The van der Waals surface area contributed by atoms with Gasteiger partial charge in [0.25, 0.3) is 0 Å². The Labute approximate surface area is 264 Å². The summed E-state index contributed by atoms with van der Waals surface area (Å²) in [7, 11) is 10.3. The van der Waals surface area contributed by atoms with E-state index in [1.165, 1.54) is 181 Å². The molecule has 0 aliphatic heterocycles. The van der Waals surface area contributed by atoms with Gasteiger partial charge in [0.05, 0.1) is 7.11 Å². The molecular weight excluding hydrogens is 516 g/mol. The first-order valence-corrected chi connectivity index (χ1v) is 18.8. The summed E-state index contributed by atoms with van der Waals surface area (Å²) in [4.78, 5) is 15.8. The van der Waals surface area contributed by atoms with E-state index in [9.17, 15) is 4.79 Å². The smallest absolute Gasteiger partial charge is 0.305 e. The summed E-state index contributed by atoms with van der Waals surface area (Å²) in [5.74, 6) is 2.88. The molecule has 1 fully saturated rings. The third kappa shape index (κ3) is 25.8. The zero-order valence-electron chi connectivity index (χ0n) is 29.4. The molecule has 0 radical (unpaired) electrons. The van der Waals surface area contributed by atoms with Gasteiger partial charge in [0.1, 0.15) is 0 Å². The maximum atomic E-state index is 11.1. The molecule has 0 aromatic rings. The normalized spacial score (nSPS) is 16.7. The number of carbonyl (C=O) groups excluding carboxylic acids is 1. The minimum Gasteiger partial charge on any atom is -0.469 e. The van der Waals surface area contributed by atoms with Gasteiger partial charge in [-0.15, -0.1) is 0 Å². The Morgan fingerprint density at radius 3 is 1.24 bits per heavy atom. The van der Waals surface area contributed by atoms with Gasteiger partial charge in [0.15, 0.2) is 0 Å². The van der Waals surface area contributed by atoms with Gasteiger partial charge in [-0.25, -0.2) is 0 Å². The zero-order chi connectivity index (χ0) is 30.7. The van der Waals surface area contributed by atoms with Crippen molar-refractivity contribution in [3.63, 3.8) is 0 Å². The standard InChI is InChI=1S/C38H76N2O2/c1-39(2)33-35(34-40(3)4)28-24-20-17-15-13-11-9-7-6-8-10-12-14-16-18-21-25-29-36-32-37(36)30-26-22-19-23-27-31-38(41)42-5/h35-37H,6-34H2,1-5H3. The lowest BCUT2D eigenvalue weighted by molar-refractivity contribution is -0.140. The lowest BCUT2D eigenvalue weighted by Gasteiger charge is -2.24. The van der Waals surface area contributed by atoms with Crippen LogP contribution in [0.15, 0.2) is 0 Å². The number of esters is 1. The number of nitrogens with zero attached hydrogens (tertiary/aromatic N) is 2. The van der Waals surface area contributed by atoms with Crippen LogP contribution in [0, 0.1) is 17.8 Å². The van der Waals surface area contributed by atoms with Crippen molar-refractivity contribution in [2.75, 3.05) is 48.4 Å². The van der Waals surface area contributed by atoms with Crippen molar-refractivity contribution < 1.29 is 9.53 Å². The summed E-state index contributed by atoms with van der Waals surface area (Å²) < 4.78 is 4.70. The van der Waals surface area contributed by atoms with E-state index in [-0.39, 0.29) is 5.97 Å². The van der Waals surface area contributed by atoms with Crippen LogP contribution in [-0.2, 0) is 9.53 Å². The van der Waals surface area contributed by atoms with Crippen LogP contribution in [0.4, 0.5) is 0 Å². The highest BCUT2D eigenvalue weighted by atomic mass is 16.5. The van der Waals surface area contributed by atoms with Crippen LogP contribution in [0.3, 0.4) is 0 Å². The maximum Gasteiger partial charge on any atom is 0.305 e. The molecule has 2 atom stereocenters. The number of hydrogen-bond acceptors (Lipinski definition) is 4. The van der Waals surface area contributed by atoms with E-state index in [4.69, 9.17) is 4.74 Å². The number of ether oxygens (including phenoxy) is 1. The third-order valence-corrected chi connectivity index (χ3v) is 9.69. The Morgan fingerprint density at radius 1 is 0.548 bits per heavy atom. The van der Waals surface area contributed by atoms with Crippen LogP contribution in [0.25, 0.3) is 0 Å². The third-order valence-electron chi connectivity index (χ3n) is 9.69. The van der Waals surface area contributed by atoms with E-state index in [2.05, 4.69) is 38.0 Å². The van der Waals surface area contributed by atoms with E-state index >= 15 is 0 Å². The Balaban J connectivity index is 1.73. The van der Waals surface area contributed by atoms with Crippen LogP contribution in [0.2, 0.25) is 0 Å². The minimum absolute atomic E-state index is 0.0560. The van der Waals surface area contributed by atoms with Gasteiger partial charge in [-0.2, -0.15) is 0 Å². The van der Waals surface area contributed by atoms with Crippen LogP contribution in [0.1, 0.15) is 173 Å². The molecule has 42 heavy (non-hydrogen) atoms. The van der Waals surface area contributed by atoms with Crippen LogP contribution in [0.5, 0.6) is 0 Å². The lowest BCUT2D eigenvalue weighted by atomic mass is 9.99. The fraction of sp³-hybridized carbons (Fsp3) is 0.974. The molecule has 1 aliphatic carbocycles. The number of carbonyl (C=O) groups is 1. The van der Waals surface area contributed by atoms with E-state index in [0.29, 0.717) is 6.42 Å². The summed E-state index contributed by atoms with van der Waals surface area (Å²) in [5, 5.41) is 0. The van der Waals surface area contributed by atoms with Crippen LogP contribution in [-0.4, -0.2) is 64.2 Å². The Hall–Kier alpha value is -0.610. The van der Waals surface area contributed by atoms with Crippen LogP contribution < -0.4 is 0 Å². The maximum absolute atomic E-state index is 11.1. The van der Waals surface area contributed by atoms with E-state index < -0.39 is 0 Å². The summed E-state index contributed by atoms with van der Waals surface area (Å²) in [6.45, 7) is 2.45. The molecule has 250 valence electrons. The highest BCUT2D eigenvalue weighted by molar-refractivity contribution is 5.68. The number of rotatable bonds is 32. The molecule has 2 unspecified atom stereocenters. The van der Waals surface area contributed by atoms with E-state index in [1.807, 2.05) is 0 Å². The quantitative estimate of drug-likeness (QED) is 0.0574. The summed E-state index contributed by atoms with van der Waals surface area (Å²) >= 11 is 0. The average Bonchev–Trinajstić information content (AvgIpc) is 3.70. The van der Waals surface area contributed by atoms with Gasteiger partial charge in [0.2, 0.25) is 0 Å². The molecular formula is C38H76N2O2. The predicted molar refractivity (Wildman–Crippen MR) is 184 cm³/mol. The molecule has 4 nitrogen and oxygen atoms in total. The SMILES string of the molecule is COC(=O)CCCCCCCC1CC1CCCCCCCCCCCCCCCCCCCC(CN(C)C)CN(C)C. The molecule has 1 saturated carbocycles. The monoisotopic (exact) mass is 593 g/mol. The average molecular weight is 593 g/mol. The minimum atomic E-state index is -0.0560. The Morgan fingerprint density at radius 2 is 0.881 bits per heavy atom. The molecule has 0 amide bonds. The van der Waals surface area contributed by atoms with Crippen molar-refractivity contribution in [3.05, 3.63) is 0 Å². The first-order chi connectivity index (χ1) is 20.4. The lowest BCUT2D eigenvalue weighted by Crippen LogP contribution is -2.30. The van der Waals surface area contributed by atoms with Gasteiger partial charge >= 0.3 is 5.97 Å². The molecule has 0 bridgehead atoms. The van der Waals surface area contributed by atoms with Gasteiger partial charge in [-0.05, 0) is 65.2 Å². The molecule has 0 N–H and O–H groups in total. The molecule has 0 heterocycles. The number of methoxy groups -OCH3 is 1. The highest BCUT2D eigenvalue weighted by Crippen LogP contribution is 2.45. The molecule has 0 spiro atoms. The zero-order valence-corrected chi connectivity index (χ0v) is 29.4. The fourth-order valence-corrected chi connectivity index (χ4v) is 7.09. The molecule has 0 saturated heterocycles. The van der Waals surface area contributed by atoms with Crippen molar-refractivity contribution in [2.45, 2.75) is 173 Å². The van der Waals surface area contributed by atoms with Crippen molar-refractivity contribution in [2.24, 2.45) is 17.8 Å². The summed E-state index contributed by atoms with van der Waals surface area (Å²) in [5.41, 5.74) is 0. The van der Waals surface area contributed by atoms with Crippen molar-refractivity contribution in [1.82, 2.24) is 9.80 Å². The summed E-state index contributed by atoms with van der Waals surface area (Å²) in [6, 6.07) is 0. The second-order valence-corrected chi connectivity index (χ2v) is 14.6. The van der Waals surface area contributed by atoms with Gasteiger partial charge in [-0.1, -0.05) is 148 Å². The molecule has 1 aliphatic rings. The van der Waals surface area contributed by atoms with Crippen molar-refractivity contribution >= 4 is 5.97 Å². The van der Waals surface area contributed by atoms with Crippen LogP contribution >= 0.6 is 0 Å². The first-order valence-electron chi connectivity index (χ1n) is 18.8. The Kier molecular flexibility index (Phi) is 26.2. The van der Waals surface area contributed by atoms with Crippen molar-refractivity contribution in [1.29, 1.82) is 0 Å². The molecule has 0 aromatic carbocycles. The van der Waals surface area contributed by atoms with E-state index in [1.54, 1.807) is 0 Å². The van der Waals surface area contributed by atoms with Gasteiger partial charge in [0, 0.05) is 19.5 Å². The number of hydrogen-bond donors (Lipinski definition) is 0. The first kappa shape index (κ1) is 39.4. The Bertz CT molecular complexity index is 584. The largest absolute Gasteiger partial charge is 0.469 e. The van der Waals surface area contributed by atoms with Gasteiger partial charge < -0.3 is 14.5 Å². The molecule has 0 aromatic heterocycles. The number of unbranched alkanes of at least 4 members (excludes halogenated alkanes) is 20. The predicted octanol–water partition coefficient (Wildman–Crippen LogP) is 10.7. The van der Waals surface area contributed by atoms with Gasteiger partial charge in [-0.3, -0.25) is 4.79 Å². The van der Waals surface area contributed by atoms with Crippen molar-refractivity contribution in [3.8, 4) is 0 Å². The van der Waals surface area contributed by atoms with E-state index in [0.717, 1.165) is 24.2 Å². The second kappa shape index (κ2) is 27.9. The second-order valence-electron chi connectivity index (χ2n) is 14.6. The highest BCUT2D eigenvalue weighted by Gasteiger charge is 2.35. The molecule has 1 rings (SSSR count). The fourth-order valence-electron chi connectivity index (χ4n) is 7.09.